The molecule has 3 rings (SSSR count). The number of hydrogen-bond donors (Lipinski definition) is 2. The Hall–Kier alpha value is -2.96. The summed E-state index contributed by atoms with van der Waals surface area (Å²) in [6.45, 7) is 0.366. The number of carbonyl (C=O) groups excluding carboxylic acids is 1. The molecule has 0 fully saturated rings. The number of benzene rings is 1. The summed E-state index contributed by atoms with van der Waals surface area (Å²) in [5.41, 5.74) is 0.155. The standard InChI is InChI=1S/C14H12N4O3/c19-10-7-12(21-11-4-2-1-3-9(10)11)14(20)15-6-5-13-16-8-17-18-13/h1-4,7-8H,5-6H2,(H,15,20)(H,16,17,18). The summed E-state index contributed by atoms with van der Waals surface area (Å²) >= 11 is 0. The first-order chi connectivity index (χ1) is 10.2. The van der Waals surface area contributed by atoms with Crippen molar-refractivity contribution in [3.8, 4) is 0 Å². The summed E-state index contributed by atoms with van der Waals surface area (Å²) in [5, 5.41) is 9.54. The first-order valence-electron chi connectivity index (χ1n) is 6.39. The topological polar surface area (TPSA) is 101 Å². The van der Waals surface area contributed by atoms with Gasteiger partial charge in [0, 0.05) is 19.0 Å². The predicted octanol–water partition coefficient (Wildman–Crippen LogP) is 0.884. The number of hydrogen-bond acceptors (Lipinski definition) is 5. The van der Waals surface area contributed by atoms with E-state index in [9.17, 15) is 9.59 Å². The van der Waals surface area contributed by atoms with Crippen LogP contribution in [0, 0.1) is 0 Å². The highest BCUT2D eigenvalue weighted by Crippen LogP contribution is 2.11. The van der Waals surface area contributed by atoms with Gasteiger partial charge in [-0.05, 0) is 12.1 Å². The summed E-state index contributed by atoms with van der Waals surface area (Å²) in [4.78, 5) is 27.8. The van der Waals surface area contributed by atoms with E-state index in [1.807, 2.05) is 0 Å². The monoisotopic (exact) mass is 284 g/mol. The van der Waals surface area contributed by atoms with Crippen LogP contribution in [0.3, 0.4) is 0 Å². The van der Waals surface area contributed by atoms with Gasteiger partial charge in [0.05, 0.1) is 5.39 Å². The van der Waals surface area contributed by atoms with Crippen LogP contribution in [0.15, 0.2) is 45.9 Å². The number of rotatable bonds is 4. The second-order valence-corrected chi connectivity index (χ2v) is 4.41. The van der Waals surface area contributed by atoms with Crippen molar-refractivity contribution in [3.05, 3.63) is 58.5 Å². The SMILES string of the molecule is O=C(NCCc1ncn[nH]1)c1cc(=O)c2ccccc2o1. The van der Waals surface area contributed by atoms with E-state index in [1.54, 1.807) is 24.3 Å². The third kappa shape index (κ3) is 2.81. The molecule has 0 saturated heterocycles. The number of nitrogens with one attached hydrogen (secondary N) is 2. The van der Waals surface area contributed by atoms with Gasteiger partial charge in [0.15, 0.2) is 11.2 Å². The normalized spacial score (nSPS) is 10.7. The van der Waals surface area contributed by atoms with E-state index in [-0.39, 0.29) is 11.2 Å². The number of carbonyl (C=O) groups is 1. The van der Waals surface area contributed by atoms with Crippen molar-refractivity contribution in [2.45, 2.75) is 6.42 Å². The molecule has 1 aromatic carbocycles. The van der Waals surface area contributed by atoms with Crippen LogP contribution in [0.1, 0.15) is 16.4 Å². The molecule has 0 radical (unpaired) electrons. The van der Waals surface area contributed by atoms with Crippen molar-refractivity contribution >= 4 is 16.9 Å². The van der Waals surface area contributed by atoms with Gasteiger partial charge >= 0.3 is 0 Å². The van der Waals surface area contributed by atoms with Crippen molar-refractivity contribution in [2.75, 3.05) is 6.54 Å². The van der Waals surface area contributed by atoms with Crippen molar-refractivity contribution < 1.29 is 9.21 Å². The van der Waals surface area contributed by atoms with Gasteiger partial charge in [-0.2, -0.15) is 5.10 Å². The van der Waals surface area contributed by atoms with E-state index in [4.69, 9.17) is 4.42 Å². The van der Waals surface area contributed by atoms with Crippen LogP contribution >= 0.6 is 0 Å². The molecule has 2 heterocycles. The molecule has 106 valence electrons. The molecule has 0 aliphatic rings. The number of H-pyrrole nitrogens is 1. The van der Waals surface area contributed by atoms with Gasteiger partial charge in [-0.3, -0.25) is 14.7 Å². The first kappa shape index (κ1) is 13.0. The maximum Gasteiger partial charge on any atom is 0.287 e. The van der Waals surface area contributed by atoms with Crippen LogP contribution in [-0.4, -0.2) is 27.6 Å². The van der Waals surface area contributed by atoms with Gasteiger partial charge in [0.1, 0.15) is 17.7 Å². The van der Waals surface area contributed by atoms with Crippen LogP contribution in [0.5, 0.6) is 0 Å². The van der Waals surface area contributed by atoms with Gasteiger partial charge in [-0.15, -0.1) is 0 Å². The fourth-order valence-electron chi connectivity index (χ4n) is 1.95. The second-order valence-electron chi connectivity index (χ2n) is 4.41. The molecule has 2 aromatic heterocycles. The molecule has 7 heteroatoms. The van der Waals surface area contributed by atoms with Crippen LogP contribution in [-0.2, 0) is 6.42 Å². The number of para-hydroxylation sites is 1. The fraction of sp³-hybridized carbons (Fsp3) is 0.143. The molecule has 7 nitrogen and oxygen atoms in total. The average molecular weight is 284 g/mol. The van der Waals surface area contributed by atoms with E-state index in [2.05, 4.69) is 20.5 Å². The highest BCUT2D eigenvalue weighted by Gasteiger charge is 2.11. The number of aromatic nitrogens is 3. The van der Waals surface area contributed by atoms with E-state index >= 15 is 0 Å². The zero-order valence-electron chi connectivity index (χ0n) is 11.0. The molecule has 0 aliphatic carbocycles. The molecule has 0 saturated carbocycles. The number of fused-ring (bicyclic) bond motifs is 1. The van der Waals surface area contributed by atoms with Crippen molar-refractivity contribution in [1.29, 1.82) is 0 Å². The number of aromatic amines is 1. The molecule has 1 amide bonds. The lowest BCUT2D eigenvalue weighted by Gasteiger charge is -2.04. The Morgan fingerprint density at radius 3 is 3.00 bits per heavy atom. The molecule has 3 aromatic rings. The smallest absolute Gasteiger partial charge is 0.287 e. The van der Waals surface area contributed by atoms with Gasteiger partial charge in [-0.25, -0.2) is 4.98 Å². The largest absolute Gasteiger partial charge is 0.451 e. The van der Waals surface area contributed by atoms with E-state index in [0.29, 0.717) is 29.8 Å². The van der Waals surface area contributed by atoms with Crippen LogP contribution < -0.4 is 10.7 Å². The quantitative estimate of drug-likeness (QED) is 0.740. The lowest BCUT2D eigenvalue weighted by molar-refractivity contribution is 0.0927. The molecular formula is C14H12N4O3. The lowest BCUT2D eigenvalue weighted by Crippen LogP contribution is -2.26. The molecule has 21 heavy (non-hydrogen) atoms. The third-order valence-corrected chi connectivity index (χ3v) is 2.97. The van der Waals surface area contributed by atoms with E-state index in [1.165, 1.54) is 12.4 Å². The van der Waals surface area contributed by atoms with E-state index < -0.39 is 5.91 Å². The fourth-order valence-corrected chi connectivity index (χ4v) is 1.95. The van der Waals surface area contributed by atoms with Gasteiger partial charge in [0.25, 0.3) is 5.91 Å². The molecule has 0 unspecified atom stereocenters. The lowest BCUT2D eigenvalue weighted by atomic mass is 10.2. The Morgan fingerprint density at radius 1 is 1.33 bits per heavy atom. The summed E-state index contributed by atoms with van der Waals surface area (Å²) in [6, 6.07) is 8.01. The number of nitrogens with zero attached hydrogens (tertiary/aromatic N) is 2. The van der Waals surface area contributed by atoms with Crippen molar-refractivity contribution in [1.82, 2.24) is 20.5 Å². The summed E-state index contributed by atoms with van der Waals surface area (Å²) < 4.78 is 5.44. The Balaban J connectivity index is 1.74. The maximum atomic E-state index is 12.0. The third-order valence-electron chi connectivity index (χ3n) is 2.97. The Labute approximate surface area is 119 Å². The first-order valence-corrected chi connectivity index (χ1v) is 6.39. The van der Waals surface area contributed by atoms with Crippen LogP contribution in [0.4, 0.5) is 0 Å². The summed E-state index contributed by atoms with van der Waals surface area (Å²) in [5.74, 6) is 0.240. The zero-order valence-corrected chi connectivity index (χ0v) is 11.0. The number of amides is 1. The minimum Gasteiger partial charge on any atom is -0.451 e. The molecular weight excluding hydrogens is 272 g/mol. The minimum absolute atomic E-state index is 0.00345. The molecule has 0 aliphatic heterocycles. The molecule has 0 spiro atoms. The van der Waals surface area contributed by atoms with E-state index in [0.717, 1.165) is 0 Å². The Bertz CT molecular complexity index is 824. The Morgan fingerprint density at radius 2 is 2.19 bits per heavy atom. The summed E-state index contributed by atoms with van der Waals surface area (Å²) in [6.07, 6.45) is 1.92. The van der Waals surface area contributed by atoms with Gasteiger partial charge in [0.2, 0.25) is 0 Å². The maximum absolute atomic E-state index is 12.0. The van der Waals surface area contributed by atoms with Gasteiger partial charge < -0.3 is 9.73 Å². The molecule has 2 N–H and O–H groups in total. The Kier molecular flexibility index (Phi) is 3.46. The highest BCUT2D eigenvalue weighted by molar-refractivity contribution is 5.93. The zero-order chi connectivity index (χ0) is 14.7. The van der Waals surface area contributed by atoms with Crippen molar-refractivity contribution in [2.24, 2.45) is 0 Å². The second kappa shape index (κ2) is 5.58. The summed E-state index contributed by atoms with van der Waals surface area (Å²) in [7, 11) is 0. The van der Waals surface area contributed by atoms with Crippen LogP contribution in [0.25, 0.3) is 11.0 Å². The van der Waals surface area contributed by atoms with Crippen LogP contribution in [0.2, 0.25) is 0 Å². The van der Waals surface area contributed by atoms with Gasteiger partial charge in [-0.1, -0.05) is 12.1 Å². The average Bonchev–Trinajstić information content (AvgIpc) is 3.00. The highest BCUT2D eigenvalue weighted by atomic mass is 16.3. The molecule has 0 bridgehead atoms. The molecule has 0 atom stereocenters. The predicted molar refractivity (Wildman–Crippen MR) is 74.9 cm³/mol. The minimum atomic E-state index is -0.433. The van der Waals surface area contributed by atoms with Crippen molar-refractivity contribution in [3.63, 3.8) is 0 Å².